The summed E-state index contributed by atoms with van der Waals surface area (Å²) in [6.45, 7) is 4.44. The number of piperazine rings is 1. The molecule has 0 saturated carbocycles. The number of hydrogen-bond acceptors (Lipinski definition) is 5. The summed E-state index contributed by atoms with van der Waals surface area (Å²) in [5.74, 6) is -0.624. The van der Waals surface area contributed by atoms with Crippen LogP contribution in [0.5, 0.6) is 0 Å². The molecule has 1 atom stereocenters. The van der Waals surface area contributed by atoms with Gasteiger partial charge in [0.15, 0.2) is 0 Å². The lowest BCUT2D eigenvalue weighted by molar-refractivity contribution is -0.142. The molecule has 1 fully saturated rings. The van der Waals surface area contributed by atoms with Gasteiger partial charge in [0.25, 0.3) is 0 Å². The normalized spacial score (nSPS) is 15.4. The predicted octanol–water partition coefficient (Wildman–Crippen LogP) is 0.880. The molecule has 8 nitrogen and oxygen atoms in total. The van der Waals surface area contributed by atoms with E-state index in [9.17, 15) is 14.4 Å². The van der Waals surface area contributed by atoms with Crippen LogP contribution in [0.4, 0.5) is 5.82 Å². The van der Waals surface area contributed by atoms with Gasteiger partial charge in [-0.1, -0.05) is 19.4 Å². The van der Waals surface area contributed by atoms with Crippen molar-refractivity contribution in [2.24, 2.45) is 0 Å². The van der Waals surface area contributed by atoms with Gasteiger partial charge in [-0.3, -0.25) is 9.59 Å². The van der Waals surface area contributed by atoms with Crippen molar-refractivity contribution >= 4 is 23.6 Å². The fraction of sp³-hybridized carbons (Fsp3) is 0.556. The Balaban J connectivity index is 1.73. The molecule has 142 valence electrons. The topological polar surface area (TPSA) is 103 Å². The molecule has 0 bridgehead atoms. The molecular weight excluding hydrogens is 336 g/mol. The van der Waals surface area contributed by atoms with Gasteiger partial charge in [0.2, 0.25) is 11.8 Å². The van der Waals surface area contributed by atoms with Crippen LogP contribution in [0.15, 0.2) is 24.4 Å². The first-order chi connectivity index (χ1) is 12.5. The Kier molecular flexibility index (Phi) is 7.37. The summed E-state index contributed by atoms with van der Waals surface area (Å²) < 4.78 is 0. The zero-order valence-corrected chi connectivity index (χ0v) is 15.1. The molecule has 2 amide bonds. The van der Waals surface area contributed by atoms with Crippen molar-refractivity contribution in [1.29, 1.82) is 0 Å². The second kappa shape index (κ2) is 9.74. The largest absolute Gasteiger partial charge is 0.480 e. The van der Waals surface area contributed by atoms with Crippen LogP contribution < -0.4 is 10.2 Å². The molecule has 0 radical (unpaired) electrons. The summed E-state index contributed by atoms with van der Waals surface area (Å²) in [5, 5.41) is 11.5. The molecule has 1 aromatic rings. The molecule has 1 aliphatic heterocycles. The van der Waals surface area contributed by atoms with Gasteiger partial charge in [-0.15, -0.1) is 0 Å². The van der Waals surface area contributed by atoms with Crippen molar-refractivity contribution in [3.8, 4) is 0 Å². The molecule has 0 spiro atoms. The number of aromatic nitrogens is 1. The Bertz CT molecular complexity index is 615. The number of nitrogens with zero attached hydrogens (tertiary/aromatic N) is 3. The Morgan fingerprint density at radius 3 is 2.50 bits per heavy atom. The van der Waals surface area contributed by atoms with Gasteiger partial charge < -0.3 is 20.2 Å². The van der Waals surface area contributed by atoms with Crippen molar-refractivity contribution in [1.82, 2.24) is 15.2 Å². The van der Waals surface area contributed by atoms with Crippen LogP contribution in [0, 0.1) is 0 Å². The molecule has 1 aliphatic rings. The van der Waals surface area contributed by atoms with Gasteiger partial charge in [-0.25, -0.2) is 9.78 Å². The second-order valence-electron chi connectivity index (χ2n) is 6.30. The van der Waals surface area contributed by atoms with Crippen LogP contribution >= 0.6 is 0 Å². The highest BCUT2D eigenvalue weighted by Gasteiger charge is 2.23. The highest BCUT2D eigenvalue weighted by atomic mass is 16.4. The van der Waals surface area contributed by atoms with E-state index < -0.39 is 17.9 Å². The summed E-state index contributed by atoms with van der Waals surface area (Å²) >= 11 is 0. The lowest BCUT2D eigenvalue weighted by atomic mass is 10.1. The Morgan fingerprint density at radius 2 is 1.92 bits per heavy atom. The molecule has 8 heteroatoms. The maximum Gasteiger partial charge on any atom is 0.326 e. The predicted molar refractivity (Wildman–Crippen MR) is 96.7 cm³/mol. The Hall–Kier alpha value is -2.64. The molecule has 2 heterocycles. The van der Waals surface area contributed by atoms with E-state index in [0.29, 0.717) is 39.0 Å². The summed E-state index contributed by atoms with van der Waals surface area (Å²) in [6.07, 6.45) is 2.89. The van der Waals surface area contributed by atoms with Crippen molar-refractivity contribution in [2.45, 2.75) is 38.6 Å². The first-order valence-electron chi connectivity index (χ1n) is 8.97. The monoisotopic (exact) mass is 362 g/mol. The number of carbonyl (C=O) groups is 3. The third-order valence-corrected chi connectivity index (χ3v) is 4.38. The average molecular weight is 362 g/mol. The van der Waals surface area contributed by atoms with E-state index in [2.05, 4.69) is 15.2 Å². The van der Waals surface area contributed by atoms with Crippen LogP contribution in [-0.2, 0) is 14.4 Å². The number of carboxylic acid groups (broad SMARTS) is 1. The van der Waals surface area contributed by atoms with Gasteiger partial charge in [-0.2, -0.15) is 0 Å². The number of pyridine rings is 1. The highest BCUT2D eigenvalue weighted by molar-refractivity contribution is 5.87. The van der Waals surface area contributed by atoms with E-state index in [1.807, 2.05) is 25.1 Å². The molecule has 1 unspecified atom stereocenters. The van der Waals surface area contributed by atoms with E-state index in [1.165, 1.54) is 0 Å². The third-order valence-electron chi connectivity index (χ3n) is 4.38. The number of hydrogen-bond donors (Lipinski definition) is 2. The van der Waals surface area contributed by atoms with Crippen LogP contribution in [-0.4, -0.2) is 65.0 Å². The van der Waals surface area contributed by atoms with Crippen molar-refractivity contribution in [3.63, 3.8) is 0 Å². The van der Waals surface area contributed by atoms with Crippen LogP contribution in [0.2, 0.25) is 0 Å². The van der Waals surface area contributed by atoms with Crippen molar-refractivity contribution < 1.29 is 19.5 Å². The summed E-state index contributed by atoms with van der Waals surface area (Å²) in [6, 6.07) is 4.85. The maximum absolute atomic E-state index is 12.3. The number of aliphatic carboxylic acids is 1. The van der Waals surface area contributed by atoms with Gasteiger partial charge in [-0.05, 0) is 18.6 Å². The van der Waals surface area contributed by atoms with Gasteiger partial charge in [0.05, 0.1) is 0 Å². The number of amides is 2. The number of anilines is 1. The van der Waals surface area contributed by atoms with E-state index in [1.54, 1.807) is 11.1 Å². The fourth-order valence-corrected chi connectivity index (χ4v) is 2.92. The SMILES string of the molecule is CCCC(NC(=O)CCC(=O)N1CCN(c2ccccn2)CC1)C(=O)O. The zero-order valence-electron chi connectivity index (χ0n) is 15.1. The Morgan fingerprint density at radius 1 is 1.19 bits per heavy atom. The average Bonchev–Trinajstić information content (AvgIpc) is 2.66. The van der Waals surface area contributed by atoms with Crippen LogP contribution in [0.1, 0.15) is 32.6 Å². The second-order valence-corrected chi connectivity index (χ2v) is 6.30. The van der Waals surface area contributed by atoms with Crippen LogP contribution in [0.25, 0.3) is 0 Å². The molecular formula is C18H26N4O4. The number of rotatable bonds is 8. The van der Waals surface area contributed by atoms with Gasteiger partial charge in [0, 0.05) is 45.2 Å². The molecule has 2 rings (SSSR count). The van der Waals surface area contributed by atoms with E-state index in [-0.39, 0.29) is 18.7 Å². The number of carbonyl (C=O) groups excluding carboxylic acids is 2. The standard InChI is InChI=1S/C18H26N4O4/c1-2-5-14(18(25)26)20-16(23)7-8-17(24)22-12-10-21(11-13-22)15-6-3-4-9-19-15/h3-4,6,9,14H,2,5,7-8,10-13H2,1H3,(H,20,23)(H,25,26). The number of carboxylic acids is 1. The quantitative estimate of drug-likeness (QED) is 0.712. The van der Waals surface area contributed by atoms with Crippen LogP contribution in [0.3, 0.4) is 0 Å². The van der Waals surface area contributed by atoms with Crippen molar-refractivity contribution in [2.75, 3.05) is 31.1 Å². The third kappa shape index (κ3) is 5.72. The molecule has 1 saturated heterocycles. The van der Waals surface area contributed by atoms with Gasteiger partial charge >= 0.3 is 5.97 Å². The molecule has 0 aliphatic carbocycles. The molecule has 2 N–H and O–H groups in total. The van der Waals surface area contributed by atoms with E-state index in [4.69, 9.17) is 5.11 Å². The Labute approximate surface area is 153 Å². The van der Waals surface area contributed by atoms with Gasteiger partial charge in [0.1, 0.15) is 11.9 Å². The smallest absolute Gasteiger partial charge is 0.326 e. The van der Waals surface area contributed by atoms with E-state index in [0.717, 1.165) is 5.82 Å². The molecule has 0 aromatic carbocycles. The highest BCUT2D eigenvalue weighted by Crippen LogP contribution is 2.13. The maximum atomic E-state index is 12.3. The fourth-order valence-electron chi connectivity index (χ4n) is 2.92. The lowest BCUT2D eigenvalue weighted by Crippen LogP contribution is -2.49. The minimum atomic E-state index is -1.04. The minimum absolute atomic E-state index is 0.00673. The molecule has 26 heavy (non-hydrogen) atoms. The zero-order chi connectivity index (χ0) is 18.9. The van der Waals surface area contributed by atoms with E-state index >= 15 is 0 Å². The summed E-state index contributed by atoms with van der Waals surface area (Å²) in [7, 11) is 0. The van der Waals surface area contributed by atoms with Crippen molar-refractivity contribution in [3.05, 3.63) is 24.4 Å². The number of nitrogens with one attached hydrogen (secondary N) is 1. The summed E-state index contributed by atoms with van der Waals surface area (Å²) in [4.78, 5) is 43.4. The lowest BCUT2D eigenvalue weighted by Gasteiger charge is -2.35. The first kappa shape index (κ1) is 19.7. The first-order valence-corrected chi connectivity index (χ1v) is 8.97. The summed E-state index contributed by atoms with van der Waals surface area (Å²) in [5.41, 5.74) is 0. The molecule has 1 aromatic heterocycles. The minimum Gasteiger partial charge on any atom is -0.480 e.